The van der Waals surface area contributed by atoms with Crippen LogP contribution in [0.15, 0.2) is 59.3 Å². The minimum Gasteiger partial charge on any atom is -0.0998 e. The highest BCUT2D eigenvalue weighted by Crippen LogP contribution is 2.27. The fourth-order valence-electron chi connectivity index (χ4n) is 3.21. The van der Waals surface area contributed by atoms with E-state index in [1.54, 1.807) is 5.57 Å². The molecule has 0 nitrogen and oxygen atoms in total. The van der Waals surface area contributed by atoms with Crippen LogP contribution in [0.5, 0.6) is 0 Å². The molecule has 25 heavy (non-hydrogen) atoms. The van der Waals surface area contributed by atoms with Crippen molar-refractivity contribution in [3.63, 3.8) is 0 Å². The van der Waals surface area contributed by atoms with Crippen molar-refractivity contribution in [2.75, 3.05) is 0 Å². The van der Waals surface area contributed by atoms with E-state index in [0.29, 0.717) is 5.41 Å². The topological polar surface area (TPSA) is 0 Å². The third kappa shape index (κ3) is 9.68. The molecule has 0 aromatic carbocycles. The van der Waals surface area contributed by atoms with E-state index >= 15 is 0 Å². The summed E-state index contributed by atoms with van der Waals surface area (Å²) in [6.07, 6.45) is 20.3. The lowest BCUT2D eigenvalue weighted by atomic mass is 9.86. The molecular formula is C25H40. The van der Waals surface area contributed by atoms with Gasteiger partial charge in [-0.25, -0.2) is 0 Å². The number of rotatable bonds is 1. The Bertz CT molecular complexity index is 549. The molecule has 0 amide bonds. The van der Waals surface area contributed by atoms with E-state index in [2.05, 4.69) is 78.5 Å². The summed E-state index contributed by atoms with van der Waals surface area (Å²) in [6.45, 7) is 17.4. The van der Waals surface area contributed by atoms with E-state index in [4.69, 9.17) is 0 Å². The highest BCUT2D eigenvalue weighted by molar-refractivity contribution is 5.12. The maximum atomic E-state index is 3.97. The lowest BCUT2D eigenvalue weighted by Gasteiger charge is -2.19. The van der Waals surface area contributed by atoms with Crippen molar-refractivity contribution >= 4 is 0 Å². The second-order valence-corrected chi connectivity index (χ2v) is 8.81. The molecule has 1 atom stereocenters. The van der Waals surface area contributed by atoms with Crippen LogP contribution in [0.2, 0.25) is 0 Å². The molecule has 0 aromatic heterocycles. The zero-order valence-corrected chi connectivity index (χ0v) is 17.6. The SMILES string of the molecule is C/C1=C\CC/C(C)=C/CC(C)(C)/C=C/C1.C=C(C)C1CC=C(C)CC1. The second-order valence-electron chi connectivity index (χ2n) is 8.81. The van der Waals surface area contributed by atoms with Gasteiger partial charge in [-0.3, -0.25) is 0 Å². The monoisotopic (exact) mass is 340 g/mol. The fraction of sp³-hybridized carbons (Fsp3) is 0.600. The Morgan fingerprint density at radius 1 is 1.00 bits per heavy atom. The zero-order chi connectivity index (χ0) is 18.9. The minimum atomic E-state index is 0.311. The normalized spacial score (nSPS) is 29.4. The average molecular weight is 341 g/mol. The second kappa shape index (κ2) is 10.6. The molecule has 0 heteroatoms. The molecule has 140 valence electrons. The highest BCUT2D eigenvalue weighted by atomic mass is 14.2. The van der Waals surface area contributed by atoms with E-state index in [9.17, 15) is 0 Å². The van der Waals surface area contributed by atoms with Crippen molar-refractivity contribution in [1.82, 2.24) is 0 Å². The summed E-state index contributed by atoms with van der Waals surface area (Å²) in [5.74, 6) is 0.767. The van der Waals surface area contributed by atoms with E-state index in [1.807, 2.05) is 0 Å². The van der Waals surface area contributed by atoms with Gasteiger partial charge in [-0.05, 0) is 84.0 Å². The molecule has 0 spiro atoms. The molecule has 1 unspecified atom stereocenters. The van der Waals surface area contributed by atoms with Gasteiger partial charge in [-0.1, -0.05) is 73.1 Å². The van der Waals surface area contributed by atoms with Crippen molar-refractivity contribution in [1.29, 1.82) is 0 Å². The summed E-state index contributed by atoms with van der Waals surface area (Å²) < 4.78 is 0. The van der Waals surface area contributed by atoms with Gasteiger partial charge in [0.2, 0.25) is 0 Å². The summed E-state index contributed by atoms with van der Waals surface area (Å²) in [5.41, 5.74) is 6.24. The predicted molar refractivity (Wildman–Crippen MR) is 115 cm³/mol. The highest BCUT2D eigenvalue weighted by Gasteiger charge is 2.12. The molecule has 2 aliphatic carbocycles. The first-order valence-corrected chi connectivity index (χ1v) is 9.99. The molecule has 0 saturated heterocycles. The maximum Gasteiger partial charge on any atom is -0.0140 e. The number of hydrogen-bond acceptors (Lipinski definition) is 0. The van der Waals surface area contributed by atoms with Crippen molar-refractivity contribution in [3.8, 4) is 0 Å². The van der Waals surface area contributed by atoms with Gasteiger partial charge >= 0.3 is 0 Å². The van der Waals surface area contributed by atoms with Crippen LogP contribution in [0.1, 0.15) is 86.5 Å². The van der Waals surface area contributed by atoms with Crippen LogP contribution in [0.4, 0.5) is 0 Å². The molecule has 2 aliphatic rings. The van der Waals surface area contributed by atoms with E-state index < -0.39 is 0 Å². The molecule has 0 aliphatic heterocycles. The van der Waals surface area contributed by atoms with Gasteiger partial charge < -0.3 is 0 Å². The van der Waals surface area contributed by atoms with Gasteiger partial charge in [0.25, 0.3) is 0 Å². The molecule has 0 aromatic rings. The zero-order valence-electron chi connectivity index (χ0n) is 17.6. The van der Waals surface area contributed by atoms with Crippen LogP contribution in [0.25, 0.3) is 0 Å². The lowest BCUT2D eigenvalue weighted by Crippen LogP contribution is -2.05. The smallest absolute Gasteiger partial charge is 0.0140 e. The maximum absolute atomic E-state index is 3.97. The van der Waals surface area contributed by atoms with Crippen LogP contribution in [0.3, 0.4) is 0 Å². The summed E-state index contributed by atoms with van der Waals surface area (Å²) in [7, 11) is 0. The minimum absolute atomic E-state index is 0.311. The van der Waals surface area contributed by atoms with Crippen molar-refractivity contribution < 1.29 is 0 Å². The first kappa shape index (κ1) is 21.7. The van der Waals surface area contributed by atoms with Gasteiger partial charge in [0.15, 0.2) is 0 Å². The molecule has 0 heterocycles. The van der Waals surface area contributed by atoms with Crippen molar-refractivity contribution in [3.05, 3.63) is 59.3 Å². The van der Waals surface area contributed by atoms with Gasteiger partial charge in [0.1, 0.15) is 0 Å². The van der Waals surface area contributed by atoms with Gasteiger partial charge in [-0.15, -0.1) is 0 Å². The molecular weight excluding hydrogens is 300 g/mol. The fourth-order valence-corrected chi connectivity index (χ4v) is 3.21. The van der Waals surface area contributed by atoms with Crippen molar-refractivity contribution in [2.45, 2.75) is 86.5 Å². The summed E-state index contributed by atoms with van der Waals surface area (Å²) in [6, 6.07) is 0. The first-order valence-electron chi connectivity index (χ1n) is 9.99. The quantitative estimate of drug-likeness (QED) is 0.421. The molecule has 0 fully saturated rings. The summed E-state index contributed by atoms with van der Waals surface area (Å²) in [5, 5.41) is 0. The number of allylic oxidation sites excluding steroid dienone is 9. The first-order chi connectivity index (χ1) is 11.7. The van der Waals surface area contributed by atoms with Gasteiger partial charge in [0, 0.05) is 0 Å². The Balaban J connectivity index is 0.000000271. The van der Waals surface area contributed by atoms with Crippen LogP contribution >= 0.6 is 0 Å². The summed E-state index contributed by atoms with van der Waals surface area (Å²) in [4.78, 5) is 0. The lowest BCUT2D eigenvalue weighted by molar-refractivity contribution is 0.486. The van der Waals surface area contributed by atoms with E-state index in [0.717, 1.165) is 18.8 Å². The Hall–Kier alpha value is -1.30. The van der Waals surface area contributed by atoms with E-state index in [1.165, 1.54) is 48.8 Å². The van der Waals surface area contributed by atoms with Gasteiger partial charge in [-0.2, -0.15) is 0 Å². The molecule has 0 bridgehead atoms. The van der Waals surface area contributed by atoms with Crippen LogP contribution < -0.4 is 0 Å². The Morgan fingerprint density at radius 3 is 2.28 bits per heavy atom. The molecule has 0 N–H and O–H groups in total. The van der Waals surface area contributed by atoms with Crippen molar-refractivity contribution in [2.24, 2.45) is 11.3 Å². The third-order valence-corrected chi connectivity index (χ3v) is 5.35. The van der Waals surface area contributed by atoms with Gasteiger partial charge in [0.05, 0.1) is 0 Å². The molecule has 2 rings (SSSR count). The third-order valence-electron chi connectivity index (χ3n) is 5.35. The Kier molecular flexibility index (Phi) is 9.25. The summed E-state index contributed by atoms with van der Waals surface area (Å²) >= 11 is 0. The number of hydrogen-bond donors (Lipinski definition) is 0. The van der Waals surface area contributed by atoms with Crippen LogP contribution in [-0.4, -0.2) is 0 Å². The predicted octanol–water partition coefficient (Wildman–Crippen LogP) is 8.34. The van der Waals surface area contributed by atoms with Crippen LogP contribution in [-0.2, 0) is 0 Å². The van der Waals surface area contributed by atoms with Crippen LogP contribution in [0, 0.1) is 11.3 Å². The Labute approximate surface area is 157 Å². The average Bonchev–Trinajstić information content (AvgIpc) is 2.55. The largest absolute Gasteiger partial charge is 0.0998 e. The van der Waals surface area contributed by atoms with E-state index in [-0.39, 0.29) is 0 Å². The Morgan fingerprint density at radius 2 is 1.68 bits per heavy atom. The molecule has 0 radical (unpaired) electrons. The standard InChI is InChI=1S/C15H24.C10H16/c1-13-7-5-8-14(2)10-12-15(3,4)11-6-9-13;1-8(2)10-6-4-9(3)5-7-10/h6-7,10-11H,5,8-9,12H2,1-4H3;4,10H,1,5-7H2,2-3H3/b11-6+,13-7+,14-10+;. The molecule has 0 saturated carbocycles.